The quantitative estimate of drug-likeness (QED) is 0.723. The van der Waals surface area contributed by atoms with Crippen LogP contribution >= 0.6 is 23.1 Å². The lowest BCUT2D eigenvalue weighted by molar-refractivity contribution is 0.730. The number of nitrogens with zero attached hydrogens (tertiary/aromatic N) is 2. The molecule has 2 rings (SSSR count). The van der Waals surface area contributed by atoms with Gasteiger partial charge in [0.05, 0.1) is 5.69 Å². The summed E-state index contributed by atoms with van der Waals surface area (Å²) in [5.41, 5.74) is 0.974. The Morgan fingerprint density at radius 2 is 2.55 bits per heavy atom. The average molecular weight is 190 g/mol. The topological polar surface area (TPSA) is 37.8 Å². The third-order valence-corrected chi connectivity index (χ3v) is 2.85. The van der Waals surface area contributed by atoms with Crippen molar-refractivity contribution < 1.29 is 0 Å². The first kappa shape index (κ1) is 7.46. The molecule has 1 aliphatic rings. The van der Waals surface area contributed by atoms with Gasteiger partial charge < -0.3 is 5.32 Å². The molecular weight excluding hydrogens is 182 g/mol. The van der Waals surface area contributed by atoms with Crippen molar-refractivity contribution in [2.45, 2.75) is 12.3 Å². The third kappa shape index (κ3) is 1.38. The van der Waals surface area contributed by atoms with E-state index < -0.39 is 0 Å². The van der Waals surface area contributed by atoms with Crippen LogP contribution in [0.2, 0.25) is 4.34 Å². The van der Waals surface area contributed by atoms with Gasteiger partial charge in [-0.3, -0.25) is 0 Å². The van der Waals surface area contributed by atoms with E-state index in [1.165, 1.54) is 11.5 Å². The van der Waals surface area contributed by atoms with Crippen molar-refractivity contribution in [3.05, 3.63) is 10.0 Å². The standard InChI is InChI=1S/C6H8ClN3S/c7-6-5(9-10-11-6)4-1-2-8-3-4/h4,8H,1-3H2. The van der Waals surface area contributed by atoms with Crippen molar-refractivity contribution in [1.82, 2.24) is 14.9 Å². The van der Waals surface area contributed by atoms with E-state index in [9.17, 15) is 0 Å². The van der Waals surface area contributed by atoms with E-state index >= 15 is 0 Å². The lowest BCUT2D eigenvalue weighted by atomic mass is 10.1. The summed E-state index contributed by atoms with van der Waals surface area (Å²) >= 11 is 7.15. The highest BCUT2D eigenvalue weighted by Gasteiger charge is 2.21. The van der Waals surface area contributed by atoms with Gasteiger partial charge in [-0.25, -0.2) is 0 Å². The van der Waals surface area contributed by atoms with Crippen LogP contribution in [0.1, 0.15) is 18.0 Å². The molecule has 2 heterocycles. The number of halogens is 1. The molecule has 1 aromatic heterocycles. The zero-order valence-electron chi connectivity index (χ0n) is 5.88. The number of hydrogen-bond acceptors (Lipinski definition) is 4. The maximum atomic E-state index is 5.89. The Hall–Kier alpha value is -0.190. The molecule has 0 aliphatic carbocycles. The van der Waals surface area contributed by atoms with E-state index in [0.29, 0.717) is 5.92 Å². The number of nitrogens with one attached hydrogen (secondary N) is 1. The fourth-order valence-corrected chi connectivity index (χ4v) is 2.10. The monoisotopic (exact) mass is 189 g/mol. The van der Waals surface area contributed by atoms with E-state index in [4.69, 9.17) is 11.6 Å². The van der Waals surface area contributed by atoms with Crippen molar-refractivity contribution in [1.29, 1.82) is 0 Å². The van der Waals surface area contributed by atoms with E-state index in [-0.39, 0.29) is 0 Å². The van der Waals surface area contributed by atoms with Gasteiger partial charge in [-0.2, -0.15) is 0 Å². The molecule has 1 unspecified atom stereocenters. The molecule has 11 heavy (non-hydrogen) atoms. The predicted octanol–water partition coefficient (Wildman–Crippen LogP) is 1.27. The van der Waals surface area contributed by atoms with E-state index in [0.717, 1.165) is 29.5 Å². The summed E-state index contributed by atoms with van der Waals surface area (Å²) in [6.07, 6.45) is 1.13. The van der Waals surface area contributed by atoms with Crippen molar-refractivity contribution in [3.63, 3.8) is 0 Å². The second-order valence-electron chi connectivity index (χ2n) is 2.62. The highest BCUT2D eigenvalue weighted by atomic mass is 35.5. The van der Waals surface area contributed by atoms with Crippen molar-refractivity contribution >= 4 is 23.1 Å². The third-order valence-electron chi connectivity index (χ3n) is 1.92. The summed E-state index contributed by atoms with van der Waals surface area (Å²) in [5.74, 6) is 0.487. The first-order valence-corrected chi connectivity index (χ1v) is 4.71. The highest BCUT2D eigenvalue weighted by Crippen LogP contribution is 2.28. The van der Waals surface area contributed by atoms with Crippen LogP contribution in [-0.4, -0.2) is 22.7 Å². The van der Waals surface area contributed by atoms with Crippen LogP contribution in [0.25, 0.3) is 0 Å². The molecule has 0 bridgehead atoms. The summed E-state index contributed by atoms with van der Waals surface area (Å²) in [5, 5.41) is 7.26. The maximum absolute atomic E-state index is 5.89. The molecule has 5 heteroatoms. The molecule has 1 fully saturated rings. The van der Waals surface area contributed by atoms with Gasteiger partial charge in [-0.1, -0.05) is 16.1 Å². The average Bonchev–Trinajstić information content (AvgIpc) is 2.55. The minimum Gasteiger partial charge on any atom is -0.316 e. The number of rotatable bonds is 1. The zero-order chi connectivity index (χ0) is 7.68. The van der Waals surface area contributed by atoms with Crippen LogP contribution in [0.15, 0.2) is 0 Å². The fourth-order valence-electron chi connectivity index (χ4n) is 1.32. The summed E-state index contributed by atoms with van der Waals surface area (Å²) in [6, 6.07) is 0. The Labute approximate surface area is 73.9 Å². The maximum Gasteiger partial charge on any atom is 0.137 e. The lowest BCUT2D eigenvalue weighted by Gasteiger charge is -2.01. The molecule has 0 spiro atoms. The van der Waals surface area contributed by atoms with Gasteiger partial charge in [-0.15, -0.1) is 5.10 Å². The molecule has 1 aliphatic heterocycles. The summed E-state index contributed by atoms with van der Waals surface area (Å²) in [7, 11) is 0. The first-order chi connectivity index (χ1) is 5.38. The Bertz CT molecular complexity index is 244. The minimum absolute atomic E-state index is 0.487. The molecule has 60 valence electrons. The van der Waals surface area contributed by atoms with Crippen LogP contribution < -0.4 is 5.32 Å². The van der Waals surface area contributed by atoms with Crippen molar-refractivity contribution in [2.24, 2.45) is 0 Å². The Morgan fingerprint density at radius 1 is 1.64 bits per heavy atom. The van der Waals surface area contributed by atoms with Crippen LogP contribution in [0.3, 0.4) is 0 Å². The summed E-state index contributed by atoms with van der Waals surface area (Å²) in [4.78, 5) is 0. The van der Waals surface area contributed by atoms with Gasteiger partial charge in [0.15, 0.2) is 0 Å². The molecule has 1 atom stereocenters. The second-order valence-corrected chi connectivity index (χ2v) is 3.98. The number of aromatic nitrogens is 2. The second kappa shape index (κ2) is 3.05. The van der Waals surface area contributed by atoms with Crippen LogP contribution in [0.4, 0.5) is 0 Å². The zero-order valence-corrected chi connectivity index (χ0v) is 7.45. The molecule has 0 aromatic carbocycles. The lowest BCUT2D eigenvalue weighted by Crippen LogP contribution is -2.08. The summed E-state index contributed by atoms with van der Waals surface area (Å²) in [6.45, 7) is 2.06. The SMILES string of the molecule is Clc1snnc1C1CCNC1. The van der Waals surface area contributed by atoms with Crippen LogP contribution in [0, 0.1) is 0 Å². The first-order valence-electron chi connectivity index (χ1n) is 3.56. The Morgan fingerprint density at radius 3 is 3.09 bits per heavy atom. The highest BCUT2D eigenvalue weighted by molar-refractivity contribution is 7.10. The van der Waals surface area contributed by atoms with Crippen molar-refractivity contribution in [2.75, 3.05) is 13.1 Å². The smallest absolute Gasteiger partial charge is 0.137 e. The van der Waals surface area contributed by atoms with Gasteiger partial charge in [0, 0.05) is 24.0 Å². The molecule has 1 aromatic rings. The largest absolute Gasteiger partial charge is 0.316 e. The molecule has 3 nitrogen and oxygen atoms in total. The van der Waals surface area contributed by atoms with Crippen LogP contribution in [0.5, 0.6) is 0 Å². The van der Waals surface area contributed by atoms with Crippen LogP contribution in [-0.2, 0) is 0 Å². The van der Waals surface area contributed by atoms with E-state index in [1.807, 2.05) is 0 Å². The molecular formula is C6H8ClN3S. The van der Waals surface area contributed by atoms with Gasteiger partial charge in [0.2, 0.25) is 0 Å². The summed E-state index contributed by atoms with van der Waals surface area (Å²) < 4.78 is 4.55. The molecule has 0 amide bonds. The van der Waals surface area contributed by atoms with E-state index in [2.05, 4.69) is 14.9 Å². The number of hydrogen-bond donors (Lipinski definition) is 1. The van der Waals surface area contributed by atoms with Gasteiger partial charge >= 0.3 is 0 Å². The normalized spacial score (nSPS) is 24.3. The van der Waals surface area contributed by atoms with Gasteiger partial charge in [0.1, 0.15) is 4.34 Å². The molecule has 1 N–H and O–H groups in total. The predicted molar refractivity (Wildman–Crippen MR) is 45.1 cm³/mol. The van der Waals surface area contributed by atoms with E-state index in [1.54, 1.807) is 0 Å². The van der Waals surface area contributed by atoms with Gasteiger partial charge in [0.25, 0.3) is 0 Å². The fraction of sp³-hybridized carbons (Fsp3) is 0.667. The Balaban J connectivity index is 2.21. The minimum atomic E-state index is 0.487. The van der Waals surface area contributed by atoms with Crippen molar-refractivity contribution in [3.8, 4) is 0 Å². The molecule has 1 saturated heterocycles. The Kier molecular flexibility index (Phi) is 2.07. The molecule has 0 saturated carbocycles. The molecule has 0 radical (unpaired) electrons. The van der Waals surface area contributed by atoms with Gasteiger partial charge in [-0.05, 0) is 13.0 Å².